The number of piperazine rings is 1. The Kier molecular flexibility index (Phi) is 8.07. The fourth-order valence-electron chi connectivity index (χ4n) is 2.71. The minimum atomic E-state index is 0.513. The molecule has 7 nitrogen and oxygen atoms in total. The van der Waals surface area contributed by atoms with Gasteiger partial charge in [-0.05, 0) is 32.6 Å². The standard InChI is InChI=1S/C17H31N5O2/c1-18-17(20-12-15-13-21(2)8-9-22(15)3)19-7-5-10-23-14-16-6-4-11-24-16/h4,6,11,15H,5,7-10,12-14H2,1-3H3,(H2,18,19,20). The molecule has 136 valence electrons. The number of aliphatic imine (C=N–C) groups is 1. The van der Waals surface area contributed by atoms with Gasteiger partial charge in [0.05, 0.1) is 6.26 Å². The molecule has 0 aromatic carbocycles. The van der Waals surface area contributed by atoms with Gasteiger partial charge in [-0.2, -0.15) is 0 Å². The molecule has 1 aromatic rings. The molecule has 1 aliphatic rings. The molecule has 1 fully saturated rings. The average Bonchev–Trinajstić information content (AvgIpc) is 3.09. The van der Waals surface area contributed by atoms with Gasteiger partial charge in [0.2, 0.25) is 0 Å². The number of rotatable bonds is 8. The minimum Gasteiger partial charge on any atom is -0.467 e. The molecule has 0 bridgehead atoms. The van der Waals surface area contributed by atoms with Crippen molar-refractivity contribution in [1.82, 2.24) is 20.4 Å². The summed E-state index contributed by atoms with van der Waals surface area (Å²) in [5.41, 5.74) is 0. The molecule has 7 heteroatoms. The fourth-order valence-corrected chi connectivity index (χ4v) is 2.71. The van der Waals surface area contributed by atoms with Crippen LogP contribution in [0, 0.1) is 0 Å². The van der Waals surface area contributed by atoms with Crippen LogP contribution in [-0.2, 0) is 11.3 Å². The van der Waals surface area contributed by atoms with Crippen LogP contribution in [-0.4, -0.2) is 82.3 Å². The van der Waals surface area contributed by atoms with Gasteiger partial charge < -0.3 is 24.7 Å². The van der Waals surface area contributed by atoms with E-state index in [0.29, 0.717) is 19.3 Å². The first-order valence-corrected chi connectivity index (χ1v) is 8.62. The van der Waals surface area contributed by atoms with Crippen molar-refractivity contribution in [1.29, 1.82) is 0 Å². The molecule has 2 heterocycles. The zero-order valence-corrected chi connectivity index (χ0v) is 15.1. The number of ether oxygens (including phenoxy) is 1. The Hall–Kier alpha value is -1.57. The number of hydrogen-bond acceptors (Lipinski definition) is 5. The monoisotopic (exact) mass is 337 g/mol. The van der Waals surface area contributed by atoms with Crippen LogP contribution in [0.2, 0.25) is 0 Å². The topological polar surface area (TPSA) is 65.3 Å². The Morgan fingerprint density at radius 1 is 1.38 bits per heavy atom. The summed E-state index contributed by atoms with van der Waals surface area (Å²) in [4.78, 5) is 9.06. The van der Waals surface area contributed by atoms with Crippen molar-refractivity contribution in [3.05, 3.63) is 24.2 Å². The van der Waals surface area contributed by atoms with E-state index in [4.69, 9.17) is 9.15 Å². The Morgan fingerprint density at radius 3 is 3.00 bits per heavy atom. The van der Waals surface area contributed by atoms with E-state index in [2.05, 4.69) is 39.5 Å². The minimum absolute atomic E-state index is 0.513. The van der Waals surface area contributed by atoms with Gasteiger partial charge in [-0.3, -0.25) is 9.89 Å². The number of furan rings is 1. The number of guanidine groups is 1. The first-order chi connectivity index (χ1) is 11.7. The van der Waals surface area contributed by atoms with E-state index < -0.39 is 0 Å². The van der Waals surface area contributed by atoms with Gasteiger partial charge in [-0.25, -0.2) is 0 Å². The maximum absolute atomic E-state index is 5.57. The number of hydrogen-bond donors (Lipinski definition) is 2. The molecule has 24 heavy (non-hydrogen) atoms. The highest BCUT2D eigenvalue weighted by molar-refractivity contribution is 5.79. The van der Waals surface area contributed by atoms with E-state index in [0.717, 1.165) is 50.9 Å². The second kappa shape index (κ2) is 10.3. The highest BCUT2D eigenvalue weighted by Gasteiger charge is 2.21. The fraction of sp³-hybridized carbons (Fsp3) is 0.706. The van der Waals surface area contributed by atoms with Crippen LogP contribution < -0.4 is 10.6 Å². The molecule has 0 amide bonds. The van der Waals surface area contributed by atoms with Gasteiger partial charge in [-0.1, -0.05) is 0 Å². The molecular weight excluding hydrogens is 306 g/mol. The van der Waals surface area contributed by atoms with Crippen LogP contribution in [0.5, 0.6) is 0 Å². The third-order valence-corrected chi connectivity index (χ3v) is 4.29. The van der Waals surface area contributed by atoms with Gasteiger partial charge in [0, 0.05) is 52.4 Å². The van der Waals surface area contributed by atoms with Crippen molar-refractivity contribution in [3.8, 4) is 0 Å². The van der Waals surface area contributed by atoms with Crippen LogP contribution in [0.15, 0.2) is 27.8 Å². The molecule has 1 aliphatic heterocycles. The van der Waals surface area contributed by atoms with Gasteiger partial charge in [0.25, 0.3) is 0 Å². The summed E-state index contributed by atoms with van der Waals surface area (Å²) >= 11 is 0. The first kappa shape index (κ1) is 18.8. The van der Waals surface area contributed by atoms with Crippen molar-refractivity contribution in [2.24, 2.45) is 4.99 Å². The van der Waals surface area contributed by atoms with Crippen molar-refractivity contribution in [2.45, 2.75) is 19.1 Å². The Labute approximate surface area is 145 Å². The van der Waals surface area contributed by atoms with Crippen LogP contribution in [0.1, 0.15) is 12.2 Å². The molecule has 1 unspecified atom stereocenters. The lowest BCUT2D eigenvalue weighted by Crippen LogP contribution is -2.55. The quantitative estimate of drug-likeness (QED) is 0.411. The third-order valence-electron chi connectivity index (χ3n) is 4.29. The molecule has 0 radical (unpaired) electrons. The molecule has 1 saturated heterocycles. The average molecular weight is 337 g/mol. The normalized spacial score (nSPS) is 20.3. The Bertz CT molecular complexity index is 477. The largest absolute Gasteiger partial charge is 0.467 e. The summed E-state index contributed by atoms with van der Waals surface area (Å²) in [5, 5.41) is 6.75. The Morgan fingerprint density at radius 2 is 2.25 bits per heavy atom. The van der Waals surface area contributed by atoms with Crippen LogP contribution in [0.3, 0.4) is 0 Å². The van der Waals surface area contributed by atoms with Gasteiger partial charge in [0.15, 0.2) is 5.96 Å². The van der Waals surface area contributed by atoms with Gasteiger partial charge >= 0.3 is 0 Å². The van der Waals surface area contributed by atoms with E-state index >= 15 is 0 Å². The molecule has 0 aliphatic carbocycles. The molecule has 1 aromatic heterocycles. The maximum Gasteiger partial charge on any atom is 0.191 e. The first-order valence-electron chi connectivity index (χ1n) is 8.62. The van der Waals surface area contributed by atoms with Crippen molar-refractivity contribution in [3.63, 3.8) is 0 Å². The molecule has 2 N–H and O–H groups in total. The molecule has 0 spiro atoms. The Balaban J connectivity index is 1.55. The number of likely N-dealkylation sites (N-methyl/N-ethyl adjacent to an activating group) is 2. The maximum atomic E-state index is 5.57. The van der Waals surface area contributed by atoms with Gasteiger partial charge in [-0.15, -0.1) is 0 Å². The SMILES string of the molecule is CN=C(NCCCOCc1ccco1)NCC1CN(C)CCN1C. The van der Waals surface area contributed by atoms with Crippen molar-refractivity contribution >= 4 is 5.96 Å². The second-order valence-electron chi connectivity index (χ2n) is 6.26. The van der Waals surface area contributed by atoms with Crippen LogP contribution >= 0.6 is 0 Å². The van der Waals surface area contributed by atoms with Crippen LogP contribution in [0.4, 0.5) is 0 Å². The van der Waals surface area contributed by atoms with E-state index in [1.807, 2.05) is 12.1 Å². The summed E-state index contributed by atoms with van der Waals surface area (Å²) in [5.74, 6) is 1.71. The van der Waals surface area contributed by atoms with Gasteiger partial charge in [0.1, 0.15) is 12.4 Å². The van der Waals surface area contributed by atoms with E-state index in [-0.39, 0.29) is 0 Å². The predicted molar refractivity (Wildman–Crippen MR) is 96.3 cm³/mol. The summed E-state index contributed by atoms with van der Waals surface area (Å²) in [6.45, 7) is 6.29. The lowest BCUT2D eigenvalue weighted by Gasteiger charge is -2.37. The lowest BCUT2D eigenvalue weighted by molar-refractivity contribution is 0.104. The number of nitrogens with one attached hydrogen (secondary N) is 2. The smallest absolute Gasteiger partial charge is 0.191 e. The zero-order valence-electron chi connectivity index (χ0n) is 15.1. The predicted octanol–water partition coefficient (Wildman–Crippen LogP) is 0.597. The summed E-state index contributed by atoms with van der Waals surface area (Å²) in [7, 11) is 6.17. The summed E-state index contributed by atoms with van der Waals surface area (Å²) in [6, 6.07) is 4.31. The lowest BCUT2D eigenvalue weighted by atomic mass is 10.2. The summed E-state index contributed by atoms with van der Waals surface area (Å²) < 4.78 is 10.8. The van der Waals surface area contributed by atoms with Crippen LogP contribution in [0.25, 0.3) is 0 Å². The molecule has 2 rings (SSSR count). The van der Waals surface area contributed by atoms with E-state index in [1.165, 1.54) is 0 Å². The van der Waals surface area contributed by atoms with E-state index in [1.54, 1.807) is 13.3 Å². The van der Waals surface area contributed by atoms with Crippen molar-refractivity contribution < 1.29 is 9.15 Å². The highest BCUT2D eigenvalue weighted by Crippen LogP contribution is 2.04. The van der Waals surface area contributed by atoms with E-state index in [9.17, 15) is 0 Å². The zero-order chi connectivity index (χ0) is 17.2. The highest BCUT2D eigenvalue weighted by atomic mass is 16.5. The molecule has 1 atom stereocenters. The number of nitrogens with zero attached hydrogens (tertiary/aromatic N) is 3. The third kappa shape index (κ3) is 6.51. The second-order valence-corrected chi connectivity index (χ2v) is 6.26. The molecular formula is C17H31N5O2. The van der Waals surface area contributed by atoms with Crippen molar-refractivity contribution in [2.75, 3.05) is 60.5 Å². The summed E-state index contributed by atoms with van der Waals surface area (Å²) in [6.07, 6.45) is 2.59. The molecule has 0 saturated carbocycles.